The smallest absolute Gasteiger partial charge is 0.0303 e. The summed E-state index contributed by atoms with van der Waals surface area (Å²) >= 11 is 0. The van der Waals surface area contributed by atoms with Crippen molar-refractivity contribution in [3.05, 3.63) is 0 Å². The molecule has 2 N–H and O–H groups in total. The van der Waals surface area contributed by atoms with Gasteiger partial charge in [0.05, 0.1) is 0 Å². The third-order valence-electron chi connectivity index (χ3n) is 4.14. The van der Waals surface area contributed by atoms with Gasteiger partial charge >= 0.3 is 0 Å². The van der Waals surface area contributed by atoms with E-state index in [1.54, 1.807) is 0 Å². The zero-order valence-corrected chi connectivity index (χ0v) is 10.8. The quantitative estimate of drug-likeness (QED) is 0.759. The third kappa shape index (κ3) is 2.94. The van der Waals surface area contributed by atoms with E-state index in [1.165, 1.54) is 45.1 Å². The van der Waals surface area contributed by atoms with E-state index in [0.717, 1.165) is 12.6 Å². The predicted molar refractivity (Wildman–Crippen MR) is 67.0 cm³/mol. The van der Waals surface area contributed by atoms with Crippen molar-refractivity contribution in [3.63, 3.8) is 0 Å². The molecule has 2 atom stereocenters. The van der Waals surface area contributed by atoms with Crippen molar-refractivity contribution in [2.75, 3.05) is 13.1 Å². The number of rotatable bonds is 5. The molecule has 0 amide bonds. The summed E-state index contributed by atoms with van der Waals surface area (Å²) in [6.45, 7) is 8.94. The second-order valence-corrected chi connectivity index (χ2v) is 5.19. The molecule has 0 aromatic rings. The third-order valence-corrected chi connectivity index (χ3v) is 4.14. The van der Waals surface area contributed by atoms with Crippen LogP contribution >= 0.6 is 0 Å². The van der Waals surface area contributed by atoms with Crippen molar-refractivity contribution in [1.82, 2.24) is 4.90 Å². The first-order chi connectivity index (χ1) is 7.18. The minimum Gasteiger partial charge on any atom is -0.329 e. The molecule has 2 unspecified atom stereocenters. The molecule has 1 heterocycles. The standard InChI is InChI=1S/C13H28N2/c1-4-8-12-9-6-7-10-15(12)13(3,5-2)11-14/h12H,4-11,14H2,1-3H3. The number of hydrogen-bond donors (Lipinski definition) is 1. The first kappa shape index (κ1) is 13.0. The maximum Gasteiger partial charge on any atom is 0.0303 e. The van der Waals surface area contributed by atoms with E-state index >= 15 is 0 Å². The fourth-order valence-corrected chi connectivity index (χ4v) is 2.81. The molecule has 0 radical (unpaired) electrons. The molecule has 0 aliphatic carbocycles. The van der Waals surface area contributed by atoms with Crippen LogP contribution in [0.15, 0.2) is 0 Å². The summed E-state index contributed by atoms with van der Waals surface area (Å²) in [5.74, 6) is 0. The Hall–Kier alpha value is -0.0800. The molecule has 1 saturated heterocycles. The van der Waals surface area contributed by atoms with Gasteiger partial charge in [-0.05, 0) is 39.2 Å². The summed E-state index contributed by atoms with van der Waals surface area (Å²) in [5, 5.41) is 0. The number of piperidine rings is 1. The van der Waals surface area contributed by atoms with Crippen molar-refractivity contribution in [3.8, 4) is 0 Å². The van der Waals surface area contributed by atoms with Gasteiger partial charge in [0.1, 0.15) is 0 Å². The molecular weight excluding hydrogens is 184 g/mol. The number of likely N-dealkylation sites (tertiary alicyclic amines) is 1. The van der Waals surface area contributed by atoms with Crippen LogP contribution < -0.4 is 5.73 Å². The van der Waals surface area contributed by atoms with E-state index in [2.05, 4.69) is 25.7 Å². The van der Waals surface area contributed by atoms with Crippen molar-refractivity contribution < 1.29 is 0 Å². The van der Waals surface area contributed by atoms with Gasteiger partial charge in [-0.3, -0.25) is 4.90 Å². The normalized spacial score (nSPS) is 27.6. The molecule has 0 aromatic carbocycles. The van der Waals surface area contributed by atoms with Crippen molar-refractivity contribution in [2.45, 2.75) is 70.9 Å². The molecule has 0 aromatic heterocycles. The Morgan fingerprint density at radius 1 is 1.33 bits per heavy atom. The van der Waals surface area contributed by atoms with Gasteiger partial charge in [0.25, 0.3) is 0 Å². The largest absolute Gasteiger partial charge is 0.329 e. The second kappa shape index (κ2) is 5.86. The second-order valence-electron chi connectivity index (χ2n) is 5.19. The summed E-state index contributed by atoms with van der Waals surface area (Å²) in [6.07, 6.45) is 7.95. The average Bonchev–Trinajstić information content (AvgIpc) is 2.29. The summed E-state index contributed by atoms with van der Waals surface area (Å²) in [6, 6.07) is 0.789. The first-order valence-electron chi connectivity index (χ1n) is 6.64. The van der Waals surface area contributed by atoms with Crippen molar-refractivity contribution in [1.29, 1.82) is 0 Å². The first-order valence-corrected chi connectivity index (χ1v) is 6.64. The monoisotopic (exact) mass is 212 g/mol. The highest BCUT2D eigenvalue weighted by molar-refractivity contribution is 4.92. The molecule has 1 aliphatic rings. The van der Waals surface area contributed by atoms with E-state index in [9.17, 15) is 0 Å². The lowest BCUT2D eigenvalue weighted by molar-refractivity contribution is 0.0266. The SMILES string of the molecule is CCCC1CCCCN1C(C)(CC)CN. The Morgan fingerprint density at radius 3 is 2.60 bits per heavy atom. The van der Waals surface area contributed by atoms with Gasteiger partial charge in [-0.15, -0.1) is 0 Å². The summed E-state index contributed by atoms with van der Waals surface area (Å²) in [7, 11) is 0. The highest BCUT2D eigenvalue weighted by Crippen LogP contribution is 2.29. The topological polar surface area (TPSA) is 29.3 Å². The van der Waals surface area contributed by atoms with Gasteiger partial charge in [-0.25, -0.2) is 0 Å². The molecule has 0 saturated carbocycles. The Labute approximate surface area is 95.2 Å². The maximum atomic E-state index is 5.97. The van der Waals surface area contributed by atoms with Crippen molar-refractivity contribution >= 4 is 0 Å². The number of hydrogen-bond acceptors (Lipinski definition) is 2. The zero-order valence-electron chi connectivity index (χ0n) is 10.8. The Kier molecular flexibility index (Phi) is 5.07. The van der Waals surface area contributed by atoms with Crippen LogP contribution in [0, 0.1) is 0 Å². The van der Waals surface area contributed by atoms with Crippen LogP contribution in [0.25, 0.3) is 0 Å². The molecule has 0 bridgehead atoms. The summed E-state index contributed by atoms with van der Waals surface area (Å²) in [4.78, 5) is 2.69. The van der Waals surface area contributed by atoms with Gasteiger partial charge in [-0.2, -0.15) is 0 Å². The zero-order chi connectivity index (χ0) is 11.3. The molecule has 1 rings (SSSR count). The minimum atomic E-state index is 0.236. The lowest BCUT2D eigenvalue weighted by atomic mass is 9.88. The minimum absolute atomic E-state index is 0.236. The van der Waals surface area contributed by atoms with Gasteiger partial charge in [0.15, 0.2) is 0 Å². The van der Waals surface area contributed by atoms with Gasteiger partial charge in [0, 0.05) is 18.1 Å². The highest BCUT2D eigenvalue weighted by Gasteiger charge is 2.34. The van der Waals surface area contributed by atoms with Gasteiger partial charge < -0.3 is 5.73 Å². The van der Waals surface area contributed by atoms with Crippen LogP contribution in [0.5, 0.6) is 0 Å². The molecule has 2 heteroatoms. The predicted octanol–water partition coefficient (Wildman–Crippen LogP) is 2.77. The van der Waals surface area contributed by atoms with Crippen LogP contribution in [0.3, 0.4) is 0 Å². The Morgan fingerprint density at radius 2 is 2.07 bits per heavy atom. The maximum absolute atomic E-state index is 5.97. The van der Waals surface area contributed by atoms with Gasteiger partial charge in [0.2, 0.25) is 0 Å². The summed E-state index contributed by atoms with van der Waals surface area (Å²) in [5.41, 5.74) is 6.20. The molecule has 0 spiro atoms. The lowest BCUT2D eigenvalue weighted by Gasteiger charge is -2.47. The fourth-order valence-electron chi connectivity index (χ4n) is 2.81. The molecule has 1 fully saturated rings. The Bertz CT molecular complexity index is 173. The summed E-state index contributed by atoms with van der Waals surface area (Å²) < 4.78 is 0. The van der Waals surface area contributed by atoms with Gasteiger partial charge in [-0.1, -0.05) is 26.7 Å². The van der Waals surface area contributed by atoms with Crippen LogP contribution in [-0.4, -0.2) is 29.6 Å². The average molecular weight is 212 g/mol. The molecule has 1 aliphatic heterocycles. The number of nitrogens with zero attached hydrogens (tertiary/aromatic N) is 1. The van der Waals surface area contributed by atoms with E-state index in [-0.39, 0.29) is 5.54 Å². The van der Waals surface area contributed by atoms with Crippen LogP contribution in [0.1, 0.15) is 59.3 Å². The van der Waals surface area contributed by atoms with E-state index < -0.39 is 0 Å². The fraction of sp³-hybridized carbons (Fsp3) is 1.00. The van der Waals surface area contributed by atoms with Crippen molar-refractivity contribution in [2.24, 2.45) is 5.73 Å². The van der Waals surface area contributed by atoms with Crippen LogP contribution in [-0.2, 0) is 0 Å². The molecular formula is C13H28N2. The molecule has 15 heavy (non-hydrogen) atoms. The number of nitrogens with two attached hydrogens (primary N) is 1. The molecule has 90 valence electrons. The van der Waals surface area contributed by atoms with Crippen LogP contribution in [0.2, 0.25) is 0 Å². The van der Waals surface area contributed by atoms with Crippen LogP contribution in [0.4, 0.5) is 0 Å². The Balaban J connectivity index is 2.69. The highest BCUT2D eigenvalue weighted by atomic mass is 15.2. The van der Waals surface area contributed by atoms with E-state index in [4.69, 9.17) is 5.73 Å². The lowest BCUT2D eigenvalue weighted by Crippen LogP contribution is -2.57. The molecule has 2 nitrogen and oxygen atoms in total. The van der Waals surface area contributed by atoms with E-state index in [0.29, 0.717) is 0 Å². The van der Waals surface area contributed by atoms with E-state index in [1.807, 2.05) is 0 Å².